The Balaban J connectivity index is 2.85. The van der Waals surface area contributed by atoms with Crippen molar-refractivity contribution in [3.63, 3.8) is 0 Å². The molecule has 0 heterocycles. The van der Waals surface area contributed by atoms with Gasteiger partial charge in [-0.2, -0.15) is 0 Å². The average Bonchev–Trinajstić information content (AvgIpc) is 2.09. The molecule has 3 heteroatoms. The van der Waals surface area contributed by atoms with Crippen LogP contribution in [0.1, 0.15) is 12.0 Å². The first-order chi connectivity index (χ1) is 6.24. The number of phenols is 1. The first kappa shape index (κ1) is 9.88. The minimum Gasteiger partial charge on any atom is -0.507 e. The Morgan fingerprint density at radius 3 is 2.85 bits per heavy atom. The van der Waals surface area contributed by atoms with Crippen LogP contribution in [0.5, 0.6) is 5.75 Å². The summed E-state index contributed by atoms with van der Waals surface area (Å²) in [5.74, 6) is 5.28. The van der Waals surface area contributed by atoms with Crippen molar-refractivity contribution >= 4 is 11.6 Å². The highest BCUT2D eigenvalue weighted by Crippen LogP contribution is 2.16. The zero-order valence-electron chi connectivity index (χ0n) is 6.85. The zero-order chi connectivity index (χ0) is 9.68. The number of halogens is 2. The van der Waals surface area contributed by atoms with Gasteiger partial charge in [0.1, 0.15) is 11.6 Å². The van der Waals surface area contributed by atoms with Gasteiger partial charge in [-0.1, -0.05) is 11.8 Å². The van der Waals surface area contributed by atoms with Gasteiger partial charge in [0.2, 0.25) is 0 Å². The first-order valence-corrected chi connectivity index (χ1v) is 4.31. The SMILES string of the molecule is Oc1cc(F)ccc1C#CCCCl. The highest BCUT2D eigenvalue weighted by Gasteiger charge is 1.98. The number of aromatic hydroxyl groups is 1. The van der Waals surface area contributed by atoms with Gasteiger partial charge in [0.05, 0.1) is 5.56 Å². The van der Waals surface area contributed by atoms with E-state index in [1.165, 1.54) is 12.1 Å². The molecule has 1 aromatic rings. The Bertz CT molecular complexity index is 352. The molecule has 0 radical (unpaired) electrons. The van der Waals surface area contributed by atoms with Crippen LogP contribution in [0, 0.1) is 17.7 Å². The highest BCUT2D eigenvalue weighted by molar-refractivity contribution is 6.18. The summed E-state index contributed by atoms with van der Waals surface area (Å²) in [6, 6.07) is 3.72. The predicted octanol–water partition coefficient (Wildman–Crippen LogP) is 2.51. The molecule has 1 N–H and O–H groups in total. The third kappa shape index (κ3) is 2.96. The number of hydrogen-bond acceptors (Lipinski definition) is 1. The number of benzene rings is 1. The summed E-state index contributed by atoms with van der Waals surface area (Å²) in [6.07, 6.45) is 0.554. The summed E-state index contributed by atoms with van der Waals surface area (Å²) >= 11 is 5.41. The predicted molar refractivity (Wildman–Crippen MR) is 50.3 cm³/mol. The molecule has 0 saturated heterocycles. The fourth-order valence-corrected chi connectivity index (χ4v) is 0.910. The monoisotopic (exact) mass is 198 g/mol. The maximum absolute atomic E-state index is 12.5. The van der Waals surface area contributed by atoms with Crippen LogP contribution in [0.2, 0.25) is 0 Å². The standard InChI is InChI=1S/C10H8ClFO/c11-6-2-1-3-8-4-5-9(12)7-10(8)13/h4-5,7,13H,2,6H2. The molecule has 1 rings (SSSR count). The molecule has 68 valence electrons. The van der Waals surface area contributed by atoms with Crippen LogP contribution in [0.3, 0.4) is 0 Å². The lowest BCUT2D eigenvalue weighted by Gasteiger charge is -1.95. The van der Waals surface area contributed by atoms with E-state index in [2.05, 4.69) is 11.8 Å². The molecule has 0 saturated carbocycles. The van der Waals surface area contributed by atoms with Gasteiger partial charge in [0, 0.05) is 18.4 Å². The van der Waals surface area contributed by atoms with E-state index in [0.717, 1.165) is 6.07 Å². The summed E-state index contributed by atoms with van der Waals surface area (Å²) < 4.78 is 12.5. The van der Waals surface area contributed by atoms with Gasteiger partial charge in [-0.15, -0.1) is 11.6 Å². The van der Waals surface area contributed by atoms with E-state index < -0.39 is 5.82 Å². The minimum atomic E-state index is -0.472. The molecule has 0 aliphatic rings. The van der Waals surface area contributed by atoms with Gasteiger partial charge in [0.15, 0.2) is 0 Å². The van der Waals surface area contributed by atoms with Crippen molar-refractivity contribution in [2.45, 2.75) is 6.42 Å². The Kier molecular flexibility index (Phi) is 3.60. The second-order valence-corrected chi connectivity index (χ2v) is 2.78. The molecule has 0 aliphatic carbocycles. The molecule has 1 aromatic carbocycles. The van der Waals surface area contributed by atoms with Gasteiger partial charge < -0.3 is 5.11 Å². The van der Waals surface area contributed by atoms with E-state index in [-0.39, 0.29) is 5.75 Å². The molecular weight excluding hydrogens is 191 g/mol. The molecule has 0 aromatic heterocycles. The van der Waals surface area contributed by atoms with E-state index in [1.807, 2.05) is 0 Å². The number of hydrogen-bond donors (Lipinski definition) is 1. The third-order valence-electron chi connectivity index (χ3n) is 1.40. The largest absolute Gasteiger partial charge is 0.507 e. The lowest BCUT2D eigenvalue weighted by Crippen LogP contribution is -1.79. The summed E-state index contributed by atoms with van der Waals surface area (Å²) in [7, 11) is 0. The quantitative estimate of drug-likeness (QED) is 0.543. The van der Waals surface area contributed by atoms with Crippen LogP contribution < -0.4 is 0 Å². The number of phenolic OH excluding ortho intramolecular Hbond substituents is 1. The molecule has 0 atom stereocenters. The lowest BCUT2D eigenvalue weighted by atomic mass is 10.2. The van der Waals surface area contributed by atoms with Crippen LogP contribution in [0.4, 0.5) is 4.39 Å². The Labute approximate surface area is 81.2 Å². The normalized spacial score (nSPS) is 9.08. The summed E-state index contributed by atoms with van der Waals surface area (Å²) in [4.78, 5) is 0. The molecule has 13 heavy (non-hydrogen) atoms. The summed E-state index contributed by atoms with van der Waals surface area (Å²) in [5.41, 5.74) is 0.423. The second kappa shape index (κ2) is 4.74. The van der Waals surface area contributed by atoms with Crippen molar-refractivity contribution in [2.75, 3.05) is 5.88 Å². The number of alkyl halides is 1. The summed E-state index contributed by atoms with van der Waals surface area (Å²) in [6.45, 7) is 0. The fourth-order valence-electron chi connectivity index (χ4n) is 0.815. The van der Waals surface area contributed by atoms with Crippen LogP contribution in [-0.2, 0) is 0 Å². The molecule has 0 spiro atoms. The van der Waals surface area contributed by atoms with Gasteiger partial charge in [-0.05, 0) is 12.1 Å². The van der Waals surface area contributed by atoms with Crippen molar-refractivity contribution in [2.24, 2.45) is 0 Å². The maximum atomic E-state index is 12.5. The fraction of sp³-hybridized carbons (Fsp3) is 0.200. The second-order valence-electron chi connectivity index (χ2n) is 2.40. The molecule has 0 fully saturated rings. The third-order valence-corrected chi connectivity index (χ3v) is 1.59. The first-order valence-electron chi connectivity index (χ1n) is 3.77. The highest BCUT2D eigenvalue weighted by atomic mass is 35.5. The van der Waals surface area contributed by atoms with Gasteiger partial charge in [-0.3, -0.25) is 0 Å². The van der Waals surface area contributed by atoms with Crippen molar-refractivity contribution in [1.82, 2.24) is 0 Å². The van der Waals surface area contributed by atoms with E-state index in [0.29, 0.717) is 17.9 Å². The molecule has 0 unspecified atom stereocenters. The smallest absolute Gasteiger partial charge is 0.134 e. The van der Waals surface area contributed by atoms with Crippen LogP contribution in [0.15, 0.2) is 18.2 Å². The Morgan fingerprint density at radius 2 is 2.23 bits per heavy atom. The molecule has 0 amide bonds. The Morgan fingerprint density at radius 1 is 1.46 bits per heavy atom. The van der Waals surface area contributed by atoms with Crippen LogP contribution >= 0.6 is 11.6 Å². The lowest BCUT2D eigenvalue weighted by molar-refractivity contribution is 0.467. The molecule has 0 bridgehead atoms. The molecular formula is C10H8ClFO. The van der Waals surface area contributed by atoms with Crippen molar-refractivity contribution < 1.29 is 9.50 Å². The van der Waals surface area contributed by atoms with Gasteiger partial charge >= 0.3 is 0 Å². The van der Waals surface area contributed by atoms with Gasteiger partial charge in [0.25, 0.3) is 0 Å². The van der Waals surface area contributed by atoms with Crippen LogP contribution in [-0.4, -0.2) is 11.0 Å². The van der Waals surface area contributed by atoms with Crippen LogP contribution in [0.25, 0.3) is 0 Å². The average molecular weight is 199 g/mol. The molecule has 1 nitrogen and oxygen atoms in total. The molecule has 0 aliphatic heterocycles. The van der Waals surface area contributed by atoms with Crippen molar-refractivity contribution in [1.29, 1.82) is 0 Å². The van der Waals surface area contributed by atoms with E-state index in [1.54, 1.807) is 0 Å². The van der Waals surface area contributed by atoms with E-state index >= 15 is 0 Å². The number of rotatable bonds is 1. The van der Waals surface area contributed by atoms with Gasteiger partial charge in [-0.25, -0.2) is 4.39 Å². The summed E-state index contributed by atoms with van der Waals surface area (Å²) in [5, 5.41) is 9.22. The van der Waals surface area contributed by atoms with Crippen molar-refractivity contribution in [3.8, 4) is 17.6 Å². The van der Waals surface area contributed by atoms with E-state index in [4.69, 9.17) is 11.6 Å². The zero-order valence-corrected chi connectivity index (χ0v) is 7.61. The van der Waals surface area contributed by atoms with E-state index in [9.17, 15) is 9.50 Å². The minimum absolute atomic E-state index is 0.137. The maximum Gasteiger partial charge on any atom is 0.134 e. The van der Waals surface area contributed by atoms with Crippen molar-refractivity contribution in [3.05, 3.63) is 29.6 Å². The topological polar surface area (TPSA) is 20.2 Å². The Hall–Kier alpha value is -1.20.